The van der Waals surface area contributed by atoms with Gasteiger partial charge in [0.05, 0.1) is 10.2 Å². The zero-order valence-corrected chi connectivity index (χ0v) is 12.8. The first-order chi connectivity index (χ1) is 8.82. The average molecular weight is 277 g/mol. The zero-order valence-electron chi connectivity index (χ0n) is 11.9. The number of urea groups is 1. The molecule has 2 aromatic rings. The molecule has 19 heavy (non-hydrogen) atoms. The van der Waals surface area contributed by atoms with Crippen molar-refractivity contribution in [2.24, 2.45) is 0 Å². The Balaban J connectivity index is 2.44. The molecule has 0 aliphatic carbocycles. The van der Waals surface area contributed by atoms with E-state index in [9.17, 15) is 4.79 Å². The van der Waals surface area contributed by atoms with Crippen LogP contribution in [0.4, 0.5) is 9.93 Å². The molecule has 1 heterocycles. The molecule has 0 saturated heterocycles. The number of anilines is 1. The lowest BCUT2D eigenvalue weighted by Crippen LogP contribution is -2.34. The van der Waals surface area contributed by atoms with E-state index in [1.165, 1.54) is 21.8 Å². The fraction of sp³-hybridized carbons (Fsp3) is 0.429. The lowest BCUT2D eigenvalue weighted by Gasteiger charge is -2.18. The maximum absolute atomic E-state index is 11.6. The summed E-state index contributed by atoms with van der Waals surface area (Å²) in [7, 11) is 3.34. The zero-order chi connectivity index (χ0) is 14.2. The summed E-state index contributed by atoms with van der Waals surface area (Å²) in [6.45, 7) is 6.54. The largest absolute Gasteiger partial charge is 0.341 e. The van der Waals surface area contributed by atoms with Gasteiger partial charge in [-0.15, -0.1) is 0 Å². The van der Waals surface area contributed by atoms with Crippen molar-refractivity contribution in [3.63, 3.8) is 0 Å². The van der Waals surface area contributed by atoms with Crippen LogP contribution in [0.1, 0.15) is 26.3 Å². The third-order valence-electron chi connectivity index (χ3n) is 3.05. The van der Waals surface area contributed by atoms with E-state index in [1.54, 1.807) is 14.1 Å². The van der Waals surface area contributed by atoms with Crippen LogP contribution >= 0.6 is 11.3 Å². The van der Waals surface area contributed by atoms with E-state index in [2.05, 4.69) is 49.3 Å². The molecule has 0 aliphatic heterocycles. The van der Waals surface area contributed by atoms with Gasteiger partial charge in [-0.05, 0) is 23.1 Å². The maximum Gasteiger partial charge on any atom is 0.323 e. The Bertz CT molecular complexity index is 613. The first-order valence-corrected chi connectivity index (χ1v) is 7.01. The van der Waals surface area contributed by atoms with Crippen molar-refractivity contribution < 1.29 is 4.79 Å². The van der Waals surface area contributed by atoms with Crippen LogP contribution in [0.5, 0.6) is 0 Å². The molecule has 5 heteroatoms. The molecule has 0 spiro atoms. The molecule has 4 nitrogen and oxygen atoms in total. The summed E-state index contributed by atoms with van der Waals surface area (Å²) in [4.78, 5) is 17.7. The summed E-state index contributed by atoms with van der Waals surface area (Å²) in [6, 6.07) is 6.15. The second-order valence-electron chi connectivity index (χ2n) is 5.54. The number of amides is 2. The lowest BCUT2D eigenvalue weighted by molar-refractivity contribution is 0.249. The number of aromatic nitrogens is 1. The Morgan fingerprint density at radius 1 is 1.37 bits per heavy atom. The summed E-state index contributed by atoms with van der Waals surface area (Å²) in [5, 5.41) is 3.31. The smallest absolute Gasteiger partial charge is 0.323 e. The monoisotopic (exact) mass is 277 g/mol. The highest BCUT2D eigenvalue weighted by Gasteiger charge is 2.17. The van der Waals surface area contributed by atoms with E-state index in [4.69, 9.17) is 0 Å². The minimum Gasteiger partial charge on any atom is -0.341 e. The predicted molar refractivity (Wildman–Crippen MR) is 81.2 cm³/mol. The second-order valence-corrected chi connectivity index (χ2v) is 6.55. The molecule has 2 amide bonds. The Labute approximate surface area is 117 Å². The minimum absolute atomic E-state index is 0.102. The molecule has 0 saturated carbocycles. The maximum atomic E-state index is 11.6. The van der Waals surface area contributed by atoms with Gasteiger partial charge in [-0.3, -0.25) is 4.90 Å². The van der Waals surface area contributed by atoms with E-state index < -0.39 is 0 Å². The van der Waals surface area contributed by atoms with Crippen molar-refractivity contribution >= 4 is 32.7 Å². The van der Waals surface area contributed by atoms with Gasteiger partial charge in [0.2, 0.25) is 0 Å². The highest BCUT2D eigenvalue weighted by Crippen LogP contribution is 2.32. The van der Waals surface area contributed by atoms with Crippen LogP contribution in [-0.4, -0.2) is 25.1 Å². The molecule has 0 unspecified atom stereocenters. The third kappa shape index (κ3) is 2.71. The number of hydrogen-bond acceptors (Lipinski definition) is 3. The first kappa shape index (κ1) is 13.8. The van der Waals surface area contributed by atoms with Crippen LogP contribution < -0.4 is 10.2 Å². The highest BCUT2D eigenvalue weighted by atomic mass is 32.1. The van der Waals surface area contributed by atoms with Gasteiger partial charge in [-0.1, -0.05) is 38.2 Å². The molecule has 1 aromatic heterocycles. The third-order valence-corrected chi connectivity index (χ3v) is 4.16. The SMILES string of the molecule is CNC(=O)N(C)c1nc2cc(C(C)(C)C)ccc2s1. The van der Waals surface area contributed by atoms with Crippen LogP contribution in [0, 0.1) is 0 Å². The Morgan fingerprint density at radius 3 is 2.63 bits per heavy atom. The van der Waals surface area contributed by atoms with Crippen molar-refractivity contribution in [1.29, 1.82) is 0 Å². The summed E-state index contributed by atoms with van der Waals surface area (Å²) >= 11 is 1.52. The van der Waals surface area contributed by atoms with Crippen LogP contribution in [0.3, 0.4) is 0 Å². The van der Waals surface area contributed by atoms with Crippen molar-refractivity contribution in [1.82, 2.24) is 10.3 Å². The number of nitrogens with zero attached hydrogens (tertiary/aromatic N) is 2. The fourth-order valence-electron chi connectivity index (χ4n) is 1.78. The standard InChI is InChI=1S/C14H19N3OS/c1-14(2,3)9-6-7-11-10(8-9)16-13(19-11)17(5)12(18)15-4/h6-8H,1-5H3,(H,15,18). The highest BCUT2D eigenvalue weighted by molar-refractivity contribution is 7.22. The fourth-order valence-corrected chi connectivity index (χ4v) is 2.69. The number of thiazole rings is 1. The van der Waals surface area contributed by atoms with Gasteiger partial charge in [-0.25, -0.2) is 9.78 Å². The first-order valence-electron chi connectivity index (χ1n) is 6.19. The molecule has 0 aliphatic rings. The van der Waals surface area contributed by atoms with Crippen molar-refractivity contribution in [3.05, 3.63) is 23.8 Å². The number of nitrogens with one attached hydrogen (secondary N) is 1. The number of fused-ring (bicyclic) bond motifs is 1. The summed E-state index contributed by atoms with van der Waals surface area (Å²) in [5.41, 5.74) is 2.30. The Hall–Kier alpha value is -1.62. The number of benzene rings is 1. The van der Waals surface area contributed by atoms with Gasteiger partial charge in [0.15, 0.2) is 5.13 Å². The van der Waals surface area contributed by atoms with Crippen LogP contribution in [-0.2, 0) is 5.41 Å². The molecule has 0 radical (unpaired) electrons. The Kier molecular flexibility index (Phi) is 3.49. The molecule has 102 valence electrons. The summed E-state index contributed by atoms with van der Waals surface area (Å²) in [5.74, 6) is 0. The van der Waals surface area contributed by atoms with Crippen LogP contribution in [0.25, 0.3) is 10.2 Å². The quantitative estimate of drug-likeness (QED) is 0.868. The predicted octanol–water partition coefficient (Wildman–Crippen LogP) is 3.37. The molecule has 1 N–H and O–H groups in total. The number of rotatable bonds is 1. The molecule has 1 aromatic carbocycles. The van der Waals surface area contributed by atoms with Crippen molar-refractivity contribution in [2.75, 3.05) is 19.0 Å². The van der Waals surface area contributed by atoms with Crippen molar-refractivity contribution in [2.45, 2.75) is 26.2 Å². The molecule has 2 rings (SSSR count). The number of carbonyl (C=O) groups excluding carboxylic acids is 1. The average Bonchev–Trinajstić information content (AvgIpc) is 2.78. The van der Waals surface area contributed by atoms with Gasteiger partial charge in [0, 0.05) is 14.1 Å². The molecule has 0 bridgehead atoms. The van der Waals surface area contributed by atoms with E-state index in [0.717, 1.165) is 10.2 Å². The Morgan fingerprint density at radius 2 is 2.05 bits per heavy atom. The molecular weight excluding hydrogens is 258 g/mol. The van der Waals surface area contributed by atoms with Gasteiger partial charge >= 0.3 is 6.03 Å². The van der Waals surface area contributed by atoms with Gasteiger partial charge in [0.25, 0.3) is 0 Å². The van der Waals surface area contributed by atoms with Gasteiger partial charge in [-0.2, -0.15) is 0 Å². The normalized spacial score (nSPS) is 11.6. The molecular formula is C14H19N3OS. The van der Waals surface area contributed by atoms with E-state index in [1.807, 2.05) is 0 Å². The van der Waals surface area contributed by atoms with E-state index in [0.29, 0.717) is 5.13 Å². The van der Waals surface area contributed by atoms with Crippen LogP contribution in [0.15, 0.2) is 18.2 Å². The van der Waals surface area contributed by atoms with Gasteiger partial charge < -0.3 is 5.32 Å². The topological polar surface area (TPSA) is 45.2 Å². The van der Waals surface area contributed by atoms with E-state index in [-0.39, 0.29) is 11.4 Å². The minimum atomic E-state index is -0.157. The lowest BCUT2D eigenvalue weighted by atomic mass is 9.87. The summed E-state index contributed by atoms with van der Waals surface area (Å²) in [6.07, 6.45) is 0. The van der Waals surface area contributed by atoms with Crippen LogP contribution in [0.2, 0.25) is 0 Å². The van der Waals surface area contributed by atoms with E-state index >= 15 is 0 Å². The number of hydrogen-bond donors (Lipinski definition) is 1. The van der Waals surface area contributed by atoms with Gasteiger partial charge in [0.1, 0.15) is 0 Å². The molecule has 0 fully saturated rings. The van der Waals surface area contributed by atoms with Crippen molar-refractivity contribution in [3.8, 4) is 0 Å². The molecule has 0 atom stereocenters. The summed E-state index contributed by atoms with van der Waals surface area (Å²) < 4.78 is 1.10. The number of carbonyl (C=O) groups is 1. The second kappa shape index (κ2) is 4.81.